The number of benzene rings is 2. The molecule has 0 amide bonds. The van der Waals surface area contributed by atoms with Crippen LogP contribution in [0.15, 0.2) is 42.5 Å². The molecule has 0 aliphatic heterocycles. The lowest BCUT2D eigenvalue weighted by Crippen LogP contribution is -1.93. The molecule has 0 aliphatic rings. The van der Waals surface area contributed by atoms with Crippen molar-refractivity contribution in [1.29, 1.82) is 0 Å². The number of carbonyl (C=O) groups excluding carboxylic acids is 1. The van der Waals surface area contributed by atoms with E-state index in [1.807, 2.05) is 37.3 Å². The van der Waals surface area contributed by atoms with Crippen LogP contribution in [-0.2, 0) is 0 Å². The normalized spacial score (nSPS) is 10.8. The van der Waals surface area contributed by atoms with Gasteiger partial charge >= 0.3 is 0 Å². The molecule has 0 fully saturated rings. The van der Waals surface area contributed by atoms with Crippen molar-refractivity contribution >= 4 is 40.4 Å². The van der Waals surface area contributed by atoms with E-state index in [0.29, 0.717) is 21.3 Å². The molecule has 1 aromatic heterocycles. The number of hydrogen-bond acceptors (Lipinski definition) is 2. The van der Waals surface area contributed by atoms with Gasteiger partial charge in [-0.1, -0.05) is 53.5 Å². The first-order valence-corrected chi connectivity index (χ1v) is 7.17. The highest BCUT2D eigenvalue weighted by Crippen LogP contribution is 2.39. The molecule has 0 bridgehead atoms. The molecular weight excluding hydrogens is 305 g/mol. The molecule has 0 spiro atoms. The Balaban J connectivity index is 2.40. The van der Waals surface area contributed by atoms with Crippen molar-refractivity contribution < 1.29 is 4.79 Å². The predicted molar refractivity (Wildman–Crippen MR) is 87.3 cm³/mol. The third-order valence-electron chi connectivity index (χ3n) is 3.39. The molecule has 0 N–H and O–H groups in total. The van der Waals surface area contributed by atoms with Gasteiger partial charge in [-0.25, -0.2) is 4.98 Å². The van der Waals surface area contributed by atoms with E-state index in [1.165, 1.54) is 0 Å². The van der Waals surface area contributed by atoms with Gasteiger partial charge in [-0.2, -0.15) is 0 Å². The molecule has 2 aromatic carbocycles. The summed E-state index contributed by atoms with van der Waals surface area (Å²) >= 11 is 12.9. The van der Waals surface area contributed by atoms with E-state index in [-0.39, 0.29) is 0 Å². The van der Waals surface area contributed by atoms with Crippen molar-refractivity contribution in [3.8, 4) is 11.1 Å². The standard InChI is InChI=1S/C17H11Cl2NO/c1-10-7-11(9-21)8-13-15(18)14(17(19)20-16(10)13)12-5-3-2-4-6-12/h2-9H,1H3. The fourth-order valence-electron chi connectivity index (χ4n) is 2.42. The molecule has 0 aliphatic carbocycles. The molecule has 4 heteroatoms. The van der Waals surface area contributed by atoms with Gasteiger partial charge in [0.05, 0.1) is 10.5 Å². The highest BCUT2D eigenvalue weighted by Gasteiger charge is 2.15. The number of hydrogen-bond donors (Lipinski definition) is 0. The van der Waals surface area contributed by atoms with Crippen LogP contribution >= 0.6 is 23.2 Å². The quantitative estimate of drug-likeness (QED) is 0.472. The summed E-state index contributed by atoms with van der Waals surface area (Å²) in [5.41, 5.74) is 3.75. The Morgan fingerprint density at radius 3 is 2.48 bits per heavy atom. The number of pyridine rings is 1. The van der Waals surface area contributed by atoms with E-state index in [2.05, 4.69) is 4.98 Å². The SMILES string of the molecule is Cc1cc(C=O)cc2c(Cl)c(-c3ccccc3)c(Cl)nc12. The maximum Gasteiger partial charge on any atom is 0.150 e. The second kappa shape index (κ2) is 5.47. The average molecular weight is 316 g/mol. The number of aldehydes is 1. The molecule has 2 nitrogen and oxygen atoms in total. The van der Waals surface area contributed by atoms with Crippen LogP contribution in [-0.4, -0.2) is 11.3 Å². The highest BCUT2D eigenvalue weighted by atomic mass is 35.5. The first-order chi connectivity index (χ1) is 10.1. The van der Waals surface area contributed by atoms with Crippen molar-refractivity contribution in [1.82, 2.24) is 4.98 Å². The molecule has 1 heterocycles. The maximum atomic E-state index is 11.0. The molecule has 3 rings (SSSR count). The van der Waals surface area contributed by atoms with Gasteiger partial charge in [-0.3, -0.25) is 4.79 Å². The van der Waals surface area contributed by atoms with E-state index in [4.69, 9.17) is 23.2 Å². The molecule has 0 saturated heterocycles. The second-order valence-corrected chi connectivity index (χ2v) is 5.55. The summed E-state index contributed by atoms with van der Waals surface area (Å²) in [6.07, 6.45) is 0.805. The van der Waals surface area contributed by atoms with E-state index in [9.17, 15) is 4.79 Å². The summed E-state index contributed by atoms with van der Waals surface area (Å²) in [5.74, 6) is 0. The fraction of sp³-hybridized carbons (Fsp3) is 0.0588. The molecule has 3 aromatic rings. The first-order valence-electron chi connectivity index (χ1n) is 6.41. The van der Waals surface area contributed by atoms with E-state index >= 15 is 0 Å². The number of aromatic nitrogens is 1. The number of nitrogens with zero attached hydrogens (tertiary/aromatic N) is 1. The largest absolute Gasteiger partial charge is 0.298 e. The van der Waals surface area contributed by atoms with E-state index in [0.717, 1.165) is 28.3 Å². The second-order valence-electron chi connectivity index (χ2n) is 4.81. The Bertz CT molecular complexity index is 845. The van der Waals surface area contributed by atoms with Crippen molar-refractivity contribution in [2.75, 3.05) is 0 Å². The summed E-state index contributed by atoms with van der Waals surface area (Å²) < 4.78 is 0. The summed E-state index contributed by atoms with van der Waals surface area (Å²) in [4.78, 5) is 15.5. The topological polar surface area (TPSA) is 30.0 Å². The van der Waals surface area contributed by atoms with Crippen LogP contribution in [0, 0.1) is 6.92 Å². The van der Waals surface area contributed by atoms with Crippen molar-refractivity contribution in [2.24, 2.45) is 0 Å². The minimum Gasteiger partial charge on any atom is -0.298 e. The van der Waals surface area contributed by atoms with Gasteiger partial charge in [-0.15, -0.1) is 0 Å². The number of aryl methyl sites for hydroxylation is 1. The smallest absolute Gasteiger partial charge is 0.150 e. The lowest BCUT2D eigenvalue weighted by Gasteiger charge is -2.12. The van der Waals surface area contributed by atoms with Crippen LogP contribution in [0.5, 0.6) is 0 Å². The molecule has 104 valence electrons. The van der Waals surface area contributed by atoms with Crippen LogP contribution < -0.4 is 0 Å². The van der Waals surface area contributed by atoms with Gasteiger partial charge in [0.25, 0.3) is 0 Å². The van der Waals surface area contributed by atoms with E-state index < -0.39 is 0 Å². The van der Waals surface area contributed by atoms with Gasteiger partial charge in [0.2, 0.25) is 0 Å². The summed E-state index contributed by atoms with van der Waals surface area (Å²) in [6.45, 7) is 1.89. The molecule has 0 unspecified atom stereocenters. The maximum absolute atomic E-state index is 11.0. The lowest BCUT2D eigenvalue weighted by atomic mass is 10.0. The minimum atomic E-state index is 0.362. The van der Waals surface area contributed by atoms with Gasteiger partial charge in [0.1, 0.15) is 11.4 Å². The van der Waals surface area contributed by atoms with Crippen molar-refractivity contribution in [3.05, 3.63) is 63.8 Å². The zero-order valence-corrected chi connectivity index (χ0v) is 12.7. The van der Waals surface area contributed by atoms with Crippen LogP contribution in [0.1, 0.15) is 15.9 Å². The van der Waals surface area contributed by atoms with Gasteiger partial charge in [0.15, 0.2) is 0 Å². The number of halogens is 2. The lowest BCUT2D eigenvalue weighted by molar-refractivity contribution is 0.112. The van der Waals surface area contributed by atoms with Crippen LogP contribution in [0.3, 0.4) is 0 Å². The van der Waals surface area contributed by atoms with Gasteiger partial charge in [-0.05, 0) is 30.2 Å². The number of fused-ring (bicyclic) bond motifs is 1. The van der Waals surface area contributed by atoms with Crippen molar-refractivity contribution in [3.63, 3.8) is 0 Å². The van der Waals surface area contributed by atoms with Crippen LogP contribution in [0.4, 0.5) is 0 Å². The third-order valence-corrected chi connectivity index (χ3v) is 4.06. The molecule has 0 radical (unpaired) electrons. The number of carbonyl (C=O) groups is 1. The average Bonchev–Trinajstić information content (AvgIpc) is 2.49. The Morgan fingerprint density at radius 2 is 1.81 bits per heavy atom. The third kappa shape index (κ3) is 2.41. The molecule has 0 saturated carbocycles. The summed E-state index contributed by atoms with van der Waals surface area (Å²) in [5, 5.41) is 1.62. The number of rotatable bonds is 2. The first kappa shape index (κ1) is 14.1. The zero-order valence-electron chi connectivity index (χ0n) is 11.2. The van der Waals surface area contributed by atoms with E-state index in [1.54, 1.807) is 12.1 Å². The Kier molecular flexibility index (Phi) is 3.66. The van der Waals surface area contributed by atoms with Gasteiger partial charge in [0, 0.05) is 16.5 Å². The molecular formula is C17H11Cl2NO. The molecule has 0 atom stereocenters. The Hall–Kier alpha value is -1.90. The van der Waals surface area contributed by atoms with Crippen molar-refractivity contribution in [2.45, 2.75) is 6.92 Å². The monoisotopic (exact) mass is 315 g/mol. The summed E-state index contributed by atoms with van der Waals surface area (Å²) in [7, 11) is 0. The predicted octanol–water partition coefficient (Wildman–Crippen LogP) is 5.33. The zero-order chi connectivity index (χ0) is 15.0. The minimum absolute atomic E-state index is 0.362. The Labute approximate surface area is 132 Å². The Morgan fingerprint density at radius 1 is 1.10 bits per heavy atom. The van der Waals surface area contributed by atoms with Crippen LogP contribution in [0.2, 0.25) is 10.2 Å². The van der Waals surface area contributed by atoms with Gasteiger partial charge < -0.3 is 0 Å². The highest BCUT2D eigenvalue weighted by molar-refractivity contribution is 6.42. The summed E-state index contributed by atoms with van der Waals surface area (Å²) in [6, 6.07) is 13.1. The van der Waals surface area contributed by atoms with Crippen LogP contribution in [0.25, 0.3) is 22.0 Å². The fourth-order valence-corrected chi connectivity index (χ4v) is 3.10. The molecule has 21 heavy (non-hydrogen) atoms.